The van der Waals surface area contributed by atoms with Crippen LogP contribution in [0.4, 0.5) is 17.3 Å². The number of carbonyl (C=O) groups is 2. The Hall–Kier alpha value is -3.68. The summed E-state index contributed by atoms with van der Waals surface area (Å²) in [5.41, 5.74) is 1.38. The summed E-state index contributed by atoms with van der Waals surface area (Å²) in [6, 6.07) is 11.3. The molecule has 0 radical (unpaired) electrons. The fourth-order valence-corrected chi connectivity index (χ4v) is 2.21. The van der Waals surface area contributed by atoms with Crippen molar-refractivity contribution in [3.8, 4) is 0 Å². The quantitative estimate of drug-likeness (QED) is 0.679. The minimum atomic E-state index is -0.434. The van der Waals surface area contributed by atoms with E-state index in [1.807, 2.05) is 0 Å². The highest BCUT2D eigenvalue weighted by molar-refractivity contribution is 6.04. The van der Waals surface area contributed by atoms with Crippen molar-refractivity contribution >= 4 is 29.2 Å². The van der Waals surface area contributed by atoms with Crippen LogP contribution in [0.25, 0.3) is 0 Å². The lowest BCUT2D eigenvalue weighted by atomic mass is 10.2. The lowest BCUT2D eigenvalue weighted by molar-refractivity contribution is 0.0600. The first-order chi connectivity index (χ1) is 12.5. The number of anilines is 3. The molecule has 26 heavy (non-hydrogen) atoms. The van der Waals surface area contributed by atoms with Crippen molar-refractivity contribution in [1.29, 1.82) is 0 Å². The predicted octanol–water partition coefficient (Wildman–Crippen LogP) is 3.16. The third-order valence-corrected chi connectivity index (χ3v) is 3.47. The average molecular weight is 352 g/mol. The molecule has 1 amide bonds. The zero-order valence-electron chi connectivity index (χ0n) is 14.1. The number of rotatable bonds is 5. The summed E-state index contributed by atoms with van der Waals surface area (Å²) in [5, 5.41) is 9.54. The molecule has 1 aromatic carbocycles. The number of hydrogen-bond donors (Lipinski definition) is 2. The lowest BCUT2D eigenvalue weighted by Gasteiger charge is -2.07. The van der Waals surface area contributed by atoms with Crippen LogP contribution in [0.5, 0.6) is 0 Å². The first-order valence-electron chi connectivity index (χ1n) is 7.71. The molecule has 0 atom stereocenters. The summed E-state index contributed by atoms with van der Waals surface area (Å²) in [6.45, 7) is 1.78. The van der Waals surface area contributed by atoms with Crippen LogP contribution in [-0.2, 0) is 4.74 Å². The number of hydrogen-bond acceptors (Lipinski definition) is 7. The third kappa shape index (κ3) is 4.04. The molecule has 2 N–H and O–H groups in total. The first kappa shape index (κ1) is 17.2. The minimum Gasteiger partial charge on any atom is -0.465 e. The van der Waals surface area contributed by atoms with Crippen LogP contribution in [0.3, 0.4) is 0 Å². The maximum absolute atomic E-state index is 12.4. The molecular weight excluding hydrogens is 336 g/mol. The lowest BCUT2D eigenvalue weighted by Crippen LogP contribution is -2.12. The van der Waals surface area contributed by atoms with Gasteiger partial charge < -0.3 is 19.9 Å². The van der Waals surface area contributed by atoms with Crippen molar-refractivity contribution < 1.29 is 18.8 Å². The molecule has 2 heterocycles. The van der Waals surface area contributed by atoms with Crippen molar-refractivity contribution in [2.24, 2.45) is 0 Å². The van der Waals surface area contributed by atoms with Gasteiger partial charge in [0.05, 0.1) is 12.7 Å². The van der Waals surface area contributed by atoms with Gasteiger partial charge in [0.1, 0.15) is 11.6 Å². The van der Waals surface area contributed by atoms with Gasteiger partial charge in [-0.2, -0.15) is 0 Å². The van der Waals surface area contributed by atoms with Crippen LogP contribution < -0.4 is 10.6 Å². The summed E-state index contributed by atoms with van der Waals surface area (Å²) in [7, 11) is 1.31. The van der Waals surface area contributed by atoms with E-state index in [9.17, 15) is 9.59 Å². The molecule has 0 bridgehead atoms. The molecule has 2 aromatic heterocycles. The van der Waals surface area contributed by atoms with Crippen LogP contribution in [-0.4, -0.2) is 29.1 Å². The number of aryl methyl sites for hydroxylation is 1. The Kier molecular flexibility index (Phi) is 4.93. The van der Waals surface area contributed by atoms with Crippen LogP contribution >= 0.6 is 0 Å². The molecule has 0 fully saturated rings. The molecule has 3 aromatic rings. The molecule has 0 aliphatic rings. The van der Waals surface area contributed by atoms with E-state index in [1.54, 1.807) is 49.4 Å². The predicted molar refractivity (Wildman–Crippen MR) is 94.5 cm³/mol. The van der Waals surface area contributed by atoms with Crippen molar-refractivity contribution in [3.05, 3.63) is 65.5 Å². The highest BCUT2D eigenvalue weighted by Crippen LogP contribution is 2.17. The van der Waals surface area contributed by atoms with E-state index in [4.69, 9.17) is 4.52 Å². The van der Waals surface area contributed by atoms with Gasteiger partial charge in [0, 0.05) is 23.5 Å². The molecule has 0 saturated carbocycles. The van der Waals surface area contributed by atoms with Crippen LogP contribution in [0.1, 0.15) is 26.5 Å². The fourth-order valence-electron chi connectivity index (χ4n) is 2.21. The number of ether oxygens (including phenoxy) is 1. The van der Waals surface area contributed by atoms with Crippen molar-refractivity contribution in [3.63, 3.8) is 0 Å². The van der Waals surface area contributed by atoms with Gasteiger partial charge in [0.2, 0.25) is 0 Å². The number of amides is 1. The Bertz CT molecular complexity index is 934. The summed E-state index contributed by atoms with van der Waals surface area (Å²) < 4.78 is 9.61. The van der Waals surface area contributed by atoms with Gasteiger partial charge >= 0.3 is 5.97 Å². The Labute approximate surface area is 149 Å². The maximum atomic E-state index is 12.4. The van der Waals surface area contributed by atoms with E-state index in [2.05, 4.69) is 25.5 Å². The summed E-state index contributed by atoms with van der Waals surface area (Å²) in [6.07, 6.45) is 1.52. The number of pyridine rings is 1. The largest absolute Gasteiger partial charge is 0.465 e. The number of nitrogens with zero attached hydrogens (tertiary/aromatic N) is 2. The Morgan fingerprint density at radius 2 is 1.81 bits per heavy atom. The molecule has 0 spiro atoms. The average Bonchev–Trinajstić information content (AvgIpc) is 3.06. The van der Waals surface area contributed by atoms with E-state index in [-0.39, 0.29) is 5.91 Å². The standard InChI is InChI=1S/C18H16N4O4/c1-11-9-16(22-26-11)21-15-10-13(7-8-19-15)17(23)20-14-5-3-12(4-6-14)18(24)25-2/h3-10H,1-2H3,(H,20,23)(H,19,21,22). The summed E-state index contributed by atoms with van der Waals surface area (Å²) in [4.78, 5) is 28.0. The number of benzene rings is 1. The van der Waals surface area contributed by atoms with Crippen molar-refractivity contribution in [1.82, 2.24) is 10.1 Å². The highest BCUT2D eigenvalue weighted by Gasteiger charge is 2.10. The Balaban J connectivity index is 1.69. The second kappa shape index (κ2) is 7.47. The number of methoxy groups -OCH3 is 1. The molecule has 8 heteroatoms. The maximum Gasteiger partial charge on any atom is 0.337 e. The van der Waals surface area contributed by atoms with Crippen LogP contribution in [0, 0.1) is 6.92 Å². The van der Waals surface area contributed by atoms with E-state index >= 15 is 0 Å². The molecular formula is C18H16N4O4. The van der Waals surface area contributed by atoms with E-state index in [1.165, 1.54) is 13.3 Å². The highest BCUT2D eigenvalue weighted by atomic mass is 16.5. The van der Waals surface area contributed by atoms with E-state index in [0.717, 1.165) is 0 Å². The van der Waals surface area contributed by atoms with Gasteiger partial charge in [-0.3, -0.25) is 4.79 Å². The topological polar surface area (TPSA) is 106 Å². The Morgan fingerprint density at radius 3 is 2.46 bits per heavy atom. The number of carbonyl (C=O) groups excluding carboxylic acids is 2. The zero-order valence-corrected chi connectivity index (χ0v) is 14.1. The molecule has 0 aliphatic carbocycles. The number of esters is 1. The molecule has 0 unspecified atom stereocenters. The molecule has 8 nitrogen and oxygen atoms in total. The number of nitrogens with one attached hydrogen (secondary N) is 2. The second-order valence-electron chi connectivity index (χ2n) is 5.40. The van der Waals surface area contributed by atoms with Crippen molar-refractivity contribution in [2.45, 2.75) is 6.92 Å². The smallest absolute Gasteiger partial charge is 0.337 e. The number of aromatic nitrogens is 2. The molecule has 3 rings (SSSR count). The zero-order chi connectivity index (χ0) is 18.5. The Morgan fingerprint density at radius 1 is 1.04 bits per heavy atom. The van der Waals surface area contributed by atoms with Gasteiger partial charge in [0.15, 0.2) is 5.82 Å². The van der Waals surface area contributed by atoms with Crippen LogP contribution in [0.15, 0.2) is 53.2 Å². The monoisotopic (exact) mass is 352 g/mol. The van der Waals surface area contributed by atoms with E-state index in [0.29, 0.717) is 34.2 Å². The first-order valence-corrected chi connectivity index (χ1v) is 7.71. The summed E-state index contributed by atoms with van der Waals surface area (Å²) in [5.74, 6) is 0.892. The van der Waals surface area contributed by atoms with Gasteiger partial charge in [-0.25, -0.2) is 9.78 Å². The van der Waals surface area contributed by atoms with Gasteiger partial charge in [0.25, 0.3) is 5.91 Å². The molecule has 132 valence electrons. The molecule has 0 saturated heterocycles. The second-order valence-corrected chi connectivity index (χ2v) is 5.40. The SMILES string of the molecule is COC(=O)c1ccc(NC(=O)c2ccnc(Nc3cc(C)on3)c2)cc1. The summed E-state index contributed by atoms with van der Waals surface area (Å²) >= 11 is 0. The van der Waals surface area contributed by atoms with Crippen molar-refractivity contribution in [2.75, 3.05) is 17.7 Å². The van der Waals surface area contributed by atoms with Gasteiger partial charge in [-0.1, -0.05) is 5.16 Å². The van der Waals surface area contributed by atoms with Gasteiger partial charge in [-0.15, -0.1) is 0 Å². The fraction of sp³-hybridized carbons (Fsp3) is 0.111. The third-order valence-electron chi connectivity index (χ3n) is 3.47. The minimum absolute atomic E-state index is 0.308. The van der Waals surface area contributed by atoms with Gasteiger partial charge in [-0.05, 0) is 43.3 Å². The normalized spacial score (nSPS) is 10.2. The van der Waals surface area contributed by atoms with Crippen LogP contribution in [0.2, 0.25) is 0 Å². The van der Waals surface area contributed by atoms with E-state index < -0.39 is 5.97 Å². The molecule has 0 aliphatic heterocycles.